The highest BCUT2D eigenvalue weighted by atomic mass is 127. The molecule has 0 aromatic carbocycles. The smallest absolute Gasteiger partial charge is 0.152 e. The molecule has 0 saturated carbocycles. The van der Waals surface area contributed by atoms with Gasteiger partial charge in [-0.1, -0.05) is 31.9 Å². The molecule has 0 spiro atoms. The first-order valence-corrected chi connectivity index (χ1v) is 4.50. The van der Waals surface area contributed by atoms with E-state index in [1.807, 2.05) is 6.08 Å². The average Bonchev–Trinajstić information content (AvgIpc) is 1.59. The van der Waals surface area contributed by atoms with Crippen molar-refractivity contribution in [3.63, 3.8) is 0 Å². The van der Waals surface area contributed by atoms with Crippen molar-refractivity contribution in [1.29, 1.82) is 0 Å². The van der Waals surface area contributed by atoms with Gasteiger partial charge in [0.2, 0.25) is 0 Å². The zero-order valence-corrected chi connectivity index (χ0v) is 9.53. The molecule has 48 valence electrons. The molecule has 0 fully saturated rings. The molecular formula is C4H5Br2IO. The number of ether oxygens (including phenoxy) is 1. The molecule has 0 saturated heterocycles. The minimum atomic E-state index is -0.159. The summed E-state index contributed by atoms with van der Waals surface area (Å²) in [7, 11) is 1.61. The molecule has 0 unspecified atom stereocenters. The Hall–Kier alpha value is 1.23. The maximum Gasteiger partial charge on any atom is 0.152 e. The van der Waals surface area contributed by atoms with Crippen molar-refractivity contribution in [1.82, 2.24) is 0 Å². The Kier molecular flexibility index (Phi) is 4.74. The first-order valence-electron chi connectivity index (χ1n) is 1.83. The van der Waals surface area contributed by atoms with E-state index in [2.05, 4.69) is 59.2 Å². The zero-order chi connectivity index (χ0) is 6.62. The third kappa shape index (κ3) is 7.23. The molecular weight excluding hydrogens is 351 g/mol. The van der Waals surface area contributed by atoms with Gasteiger partial charge in [-0.2, -0.15) is 0 Å². The van der Waals surface area contributed by atoms with Crippen molar-refractivity contribution in [3.8, 4) is 0 Å². The largest absolute Gasteiger partial charge is 0.505 e. The van der Waals surface area contributed by atoms with E-state index in [0.717, 1.165) is 0 Å². The summed E-state index contributed by atoms with van der Waals surface area (Å²) in [4.78, 5) is 0. The fourth-order valence-corrected chi connectivity index (χ4v) is 0.508. The van der Waals surface area contributed by atoms with E-state index in [1.54, 1.807) is 13.4 Å². The van der Waals surface area contributed by atoms with Crippen LogP contribution in [0.15, 0.2) is 12.3 Å². The molecule has 0 aliphatic carbocycles. The summed E-state index contributed by atoms with van der Waals surface area (Å²) in [6.45, 7) is 0. The number of alkyl halides is 3. The van der Waals surface area contributed by atoms with Gasteiger partial charge in [-0.25, -0.2) is 0 Å². The maximum absolute atomic E-state index is 4.67. The van der Waals surface area contributed by atoms with E-state index in [4.69, 9.17) is 0 Å². The van der Waals surface area contributed by atoms with Gasteiger partial charge in [0.15, 0.2) is 1.24 Å². The first kappa shape index (κ1) is 9.23. The van der Waals surface area contributed by atoms with Crippen molar-refractivity contribution in [2.24, 2.45) is 0 Å². The van der Waals surface area contributed by atoms with E-state index in [0.29, 0.717) is 0 Å². The van der Waals surface area contributed by atoms with Gasteiger partial charge < -0.3 is 4.74 Å². The lowest BCUT2D eigenvalue weighted by Gasteiger charge is -2.02. The summed E-state index contributed by atoms with van der Waals surface area (Å²) in [5.41, 5.74) is 0. The predicted molar refractivity (Wildman–Crippen MR) is 50.8 cm³/mol. The van der Waals surface area contributed by atoms with Crippen LogP contribution in [0.1, 0.15) is 0 Å². The second-order valence-electron chi connectivity index (χ2n) is 1.08. The zero-order valence-electron chi connectivity index (χ0n) is 4.20. The predicted octanol–water partition coefficient (Wildman–Crippen LogP) is 3.03. The minimum Gasteiger partial charge on any atom is -0.505 e. The number of rotatable bonds is 2. The molecule has 0 radical (unpaired) electrons. The van der Waals surface area contributed by atoms with Gasteiger partial charge in [0.1, 0.15) is 0 Å². The third-order valence-corrected chi connectivity index (χ3v) is 1.28. The van der Waals surface area contributed by atoms with Crippen LogP contribution in [0, 0.1) is 0 Å². The van der Waals surface area contributed by atoms with Crippen LogP contribution in [0.25, 0.3) is 0 Å². The number of allylic oxidation sites excluding steroid dienone is 1. The van der Waals surface area contributed by atoms with Gasteiger partial charge in [0.25, 0.3) is 0 Å². The van der Waals surface area contributed by atoms with E-state index < -0.39 is 0 Å². The molecule has 0 bridgehead atoms. The standard InChI is InChI=1S/C4H5Br2IO/c1-8-3-2-4(5,6)7/h2-3H,1H3. The van der Waals surface area contributed by atoms with Gasteiger partial charge in [0, 0.05) is 0 Å². The van der Waals surface area contributed by atoms with Gasteiger partial charge in [0.05, 0.1) is 13.4 Å². The highest BCUT2D eigenvalue weighted by Gasteiger charge is 2.10. The number of methoxy groups -OCH3 is 1. The van der Waals surface area contributed by atoms with Crippen molar-refractivity contribution in [2.75, 3.05) is 7.11 Å². The average molecular weight is 356 g/mol. The van der Waals surface area contributed by atoms with Crippen LogP contribution in [0.3, 0.4) is 0 Å². The van der Waals surface area contributed by atoms with Crippen LogP contribution in [0.5, 0.6) is 0 Å². The second kappa shape index (κ2) is 4.11. The maximum atomic E-state index is 4.67. The monoisotopic (exact) mass is 354 g/mol. The number of hydrogen-bond acceptors (Lipinski definition) is 1. The summed E-state index contributed by atoms with van der Waals surface area (Å²) in [5, 5.41) is 0. The Morgan fingerprint density at radius 3 is 2.25 bits per heavy atom. The molecule has 0 rings (SSSR count). The molecule has 8 heavy (non-hydrogen) atoms. The van der Waals surface area contributed by atoms with E-state index in [9.17, 15) is 0 Å². The van der Waals surface area contributed by atoms with Gasteiger partial charge >= 0.3 is 0 Å². The van der Waals surface area contributed by atoms with Crippen LogP contribution in [0.4, 0.5) is 0 Å². The highest BCUT2D eigenvalue weighted by Crippen LogP contribution is 2.35. The Morgan fingerprint density at radius 1 is 1.62 bits per heavy atom. The lowest BCUT2D eigenvalue weighted by atomic mass is 10.7. The van der Waals surface area contributed by atoms with Gasteiger partial charge in [-0.05, 0) is 28.7 Å². The van der Waals surface area contributed by atoms with Crippen molar-refractivity contribution < 1.29 is 4.74 Å². The molecule has 0 aromatic heterocycles. The molecule has 1 nitrogen and oxygen atoms in total. The van der Waals surface area contributed by atoms with E-state index in [-0.39, 0.29) is 1.24 Å². The minimum absolute atomic E-state index is 0.159. The molecule has 0 atom stereocenters. The lowest BCUT2D eigenvalue weighted by molar-refractivity contribution is 0.337. The van der Waals surface area contributed by atoms with E-state index in [1.165, 1.54) is 0 Å². The first-order chi connectivity index (χ1) is 3.56. The SMILES string of the molecule is COC=CC(Br)(Br)I. The Bertz CT molecular complexity index is 86.5. The van der Waals surface area contributed by atoms with Crippen LogP contribution >= 0.6 is 54.5 Å². The summed E-state index contributed by atoms with van der Waals surface area (Å²) in [6, 6.07) is 0. The topological polar surface area (TPSA) is 9.23 Å². The molecule has 0 aliphatic heterocycles. The fourth-order valence-electron chi connectivity index (χ4n) is 0.145. The van der Waals surface area contributed by atoms with Gasteiger partial charge in [-0.15, -0.1) is 0 Å². The number of halogens is 3. The van der Waals surface area contributed by atoms with E-state index >= 15 is 0 Å². The van der Waals surface area contributed by atoms with Crippen molar-refractivity contribution in [3.05, 3.63) is 12.3 Å². The molecule has 0 heterocycles. The van der Waals surface area contributed by atoms with Crippen LogP contribution < -0.4 is 0 Å². The van der Waals surface area contributed by atoms with Gasteiger partial charge in [-0.3, -0.25) is 0 Å². The molecule has 0 aromatic rings. The quantitative estimate of drug-likeness (QED) is 0.420. The second-order valence-corrected chi connectivity index (χ2v) is 9.31. The third-order valence-electron chi connectivity index (χ3n) is 0.393. The van der Waals surface area contributed by atoms with Crippen molar-refractivity contribution >= 4 is 54.5 Å². The van der Waals surface area contributed by atoms with Crippen LogP contribution in [-0.2, 0) is 4.74 Å². The summed E-state index contributed by atoms with van der Waals surface area (Å²) in [6.07, 6.45) is 3.45. The van der Waals surface area contributed by atoms with Crippen LogP contribution in [0.2, 0.25) is 0 Å². The summed E-state index contributed by atoms with van der Waals surface area (Å²) < 4.78 is 4.51. The highest BCUT2D eigenvalue weighted by molar-refractivity contribution is 14.1. The normalized spacial score (nSPS) is 12.5. The summed E-state index contributed by atoms with van der Waals surface area (Å²) in [5.74, 6) is 0. The fraction of sp³-hybridized carbons (Fsp3) is 0.500. The number of hydrogen-bond donors (Lipinski definition) is 0. The molecule has 0 amide bonds. The molecule has 0 aliphatic rings. The summed E-state index contributed by atoms with van der Waals surface area (Å²) >= 11 is 8.80. The van der Waals surface area contributed by atoms with Crippen LogP contribution in [-0.4, -0.2) is 8.35 Å². The molecule has 0 N–H and O–H groups in total. The lowest BCUT2D eigenvalue weighted by Crippen LogP contribution is -1.90. The Balaban J connectivity index is 3.52. The van der Waals surface area contributed by atoms with Crippen molar-refractivity contribution in [2.45, 2.75) is 1.24 Å². The molecule has 4 heteroatoms. The Labute approximate surface area is 79.3 Å². The Morgan fingerprint density at radius 2 is 2.12 bits per heavy atom.